The minimum Gasteiger partial charge on any atom is -0.494 e. The highest BCUT2D eigenvalue weighted by Crippen LogP contribution is 2.19. The largest absolute Gasteiger partial charge is 0.543 e. The maximum atomic E-state index is 12.0. The van der Waals surface area contributed by atoms with Crippen molar-refractivity contribution in [1.29, 1.82) is 0 Å². The Morgan fingerprint density at radius 3 is 2.00 bits per heavy atom. The fourth-order valence-corrected chi connectivity index (χ4v) is 3.54. The predicted octanol–water partition coefficient (Wildman–Crippen LogP) is 6.70. The van der Waals surface area contributed by atoms with Gasteiger partial charge in [0.15, 0.2) is 0 Å². The molecule has 0 amide bonds. The SMILES string of the molecule is CCCCOc1ccc(C(=O)OOOC(=O)OC2CCCCCCCCCCC2)cc1. The lowest BCUT2D eigenvalue weighted by Gasteiger charge is -2.17. The fourth-order valence-electron chi connectivity index (χ4n) is 3.54. The van der Waals surface area contributed by atoms with E-state index in [1.165, 1.54) is 32.1 Å². The fraction of sp³-hybridized carbons (Fsp3) is 0.667. The molecule has 0 saturated heterocycles. The highest BCUT2D eigenvalue weighted by molar-refractivity contribution is 5.89. The average Bonchev–Trinajstić information content (AvgIpc) is 2.76. The van der Waals surface area contributed by atoms with Crippen molar-refractivity contribution in [1.82, 2.24) is 0 Å². The standard InChI is InChI=1S/C24H36O7/c1-2-3-19-27-21-17-15-20(16-18-21)23(25)29-31-30-24(26)28-22-13-11-9-7-5-4-6-8-10-12-14-22/h15-18,22H,2-14,19H2,1H3. The number of hydrogen-bond acceptors (Lipinski definition) is 7. The van der Waals surface area contributed by atoms with E-state index in [0.717, 1.165) is 51.4 Å². The third-order valence-corrected chi connectivity index (χ3v) is 5.38. The highest BCUT2D eigenvalue weighted by atomic mass is 17.5. The van der Waals surface area contributed by atoms with Gasteiger partial charge in [-0.3, -0.25) is 4.89 Å². The molecule has 7 heteroatoms. The van der Waals surface area contributed by atoms with Crippen LogP contribution >= 0.6 is 0 Å². The molecule has 1 aromatic rings. The lowest BCUT2D eigenvalue weighted by atomic mass is 9.99. The quantitative estimate of drug-likeness (QED) is 0.194. The van der Waals surface area contributed by atoms with Crippen LogP contribution in [0.3, 0.4) is 0 Å². The Morgan fingerprint density at radius 2 is 1.42 bits per heavy atom. The van der Waals surface area contributed by atoms with Crippen LogP contribution in [-0.2, 0) is 19.6 Å². The Hall–Kier alpha value is -2.28. The average molecular weight is 437 g/mol. The molecular formula is C24H36O7. The monoisotopic (exact) mass is 436 g/mol. The number of unbranched alkanes of at least 4 members (excludes halogenated alkanes) is 1. The van der Waals surface area contributed by atoms with Gasteiger partial charge in [0.05, 0.1) is 17.2 Å². The minimum atomic E-state index is -0.996. The molecule has 2 rings (SSSR count). The molecule has 0 aliphatic heterocycles. The smallest absolute Gasteiger partial charge is 0.494 e. The molecule has 0 bridgehead atoms. The van der Waals surface area contributed by atoms with Crippen LogP contribution in [0.1, 0.15) is 101 Å². The summed E-state index contributed by atoms with van der Waals surface area (Å²) in [5.41, 5.74) is 0.249. The lowest BCUT2D eigenvalue weighted by molar-refractivity contribution is -0.453. The van der Waals surface area contributed by atoms with Crippen LogP contribution in [0.25, 0.3) is 0 Å². The van der Waals surface area contributed by atoms with Gasteiger partial charge in [0.25, 0.3) is 0 Å². The van der Waals surface area contributed by atoms with Crippen molar-refractivity contribution < 1.29 is 33.9 Å². The van der Waals surface area contributed by atoms with E-state index in [0.29, 0.717) is 12.4 Å². The summed E-state index contributed by atoms with van der Waals surface area (Å²) >= 11 is 0. The first-order valence-corrected chi connectivity index (χ1v) is 11.7. The van der Waals surface area contributed by atoms with E-state index in [1.54, 1.807) is 24.3 Å². The van der Waals surface area contributed by atoms with Gasteiger partial charge in [0, 0.05) is 0 Å². The zero-order chi connectivity index (χ0) is 22.2. The predicted molar refractivity (Wildman–Crippen MR) is 115 cm³/mol. The Kier molecular flexibility index (Phi) is 12.5. The Morgan fingerprint density at radius 1 is 0.839 bits per heavy atom. The number of carbonyl (C=O) groups excluding carboxylic acids is 2. The molecule has 0 aromatic heterocycles. The van der Waals surface area contributed by atoms with Crippen LogP contribution in [0, 0.1) is 0 Å². The van der Waals surface area contributed by atoms with Crippen molar-refractivity contribution in [3.8, 4) is 5.75 Å². The molecule has 1 aromatic carbocycles. The maximum Gasteiger partial charge on any atom is 0.543 e. The Balaban J connectivity index is 1.67. The van der Waals surface area contributed by atoms with Crippen LogP contribution in [0.4, 0.5) is 4.79 Å². The summed E-state index contributed by atoms with van der Waals surface area (Å²) in [6.07, 6.45) is 13.1. The number of carbonyl (C=O) groups is 2. The molecule has 1 aliphatic carbocycles. The van der Waals surface area contributed by atoms with Crippen molar-refractivity contribution in [2.24, 2.45) is 0 Å². The zero-order valence-corrected chi connectivity index (χ0v) is 18.6. The van der Waals surface area contributed by atoms with Crippen LogP contribution in [0.15, 0.2) is 24.3 Å². The van der Waals surface area contributed by atoms with Crippen molar-refractivity contribution in [3.63, 3.8) is 0 Å². The highest BCUT2D eigenvalue weighted by Gasteiger charge is 2.18. The molecule has 1 fully saturated rings. The van der Waals surface area contributed by atoms with Crippen LogP contribution in [-0.4, -0.2) is 24.8 Å². The lowest BCUT2D eigenvalue weighted by Crippen LogP contribution is -2.20. The second-order valence-corrected chi connectivity index (χ2v) is 8.00. The van der Waals surface area contributed by atoms with Gasteiger partial charge in [-0.15, -0.1) is 0 Å². The molecule has 0 heterocycles. The van der Waals surface area contributed by atoms with Gasteiger partial charge in [-0.25, -0.2) is 14.5 Å². The first kappa shape index (κ1) is 25.0. The van der Waals surface area contributed by atoms with Gasteiger partial charge in [-0.1, -0.05) is 58.3 Å². The van der Waals surface area contributed by atoms with Crippen molar-refractivity contribution >= 4 is 12.1 Å². The third-order valence-electron chi connectivity index (χ3n) is 5.38. The molecule has 1 aliphatic rings. The molecule has 0 radical (unpaired) electrons. The summed E-state index contributed by atoms with van der Waals surface area (Å²) < 4.78 is 10.9. The molecule has 0 atom stereocenters. The van der Waals surface area contributed by atoms with Gasteiger partial charge >= 0.3 is 12.1 Å². The summed E-state index contributed by atoms with van der Waals surface area (Å²) in [5.74, 6) is -0.110. The molecule has 174 valence electrons. The summed E-state index contributed by atoms with van der Waals surface area (Å²) in [6, 6.07) is 6.45. The van der Waals surface area contributed by atoms with Crippen molar-refractivity contribution in [2.75, 3.05) is 6.61 Å². The summed E-state index contributed by atoms with van der Waals surface area (Å²) in [6.45, 7) is 2.71. The van der Waals surface area contributed by atoms with E-state index >= 15 is 0 Å². The third kappa shape index (κ3) is 11.1. The van der Waals surface area contributed by atoms with E-state index in [4.69, 9.17) is 9.47 Å². The van der Waals surface area contributed by atoms with Gasteiger partial charge in [0.2, 0.25) is 0 Å². The van der Waals surface area contributed by atoms with E-state index in [1.807, 2.05) is 0 Å². The van der Waals surface area contributed by atoms with E-state index < -0.39 is 12.1 Å². The normalized spacial score (nSPS) is 16.4. The minimum absolute atomic E-state index is 0.202. The number of hydrogen-bond donors (Lipinski definition) is 0. The Bertz CT molecular complexity index is 617. The first-order valence-electron chi connectivity index (χ1n) is 11.7. The van der Waals surface area contributed by atoms with Crippen LogP contribution < -0.4 is 4.74 Å². The molecule has 0 N–H and O–H groups in total. The molecule has 7 nitrogen and oxygen atoms in total. The summed E-state index contributed by atoms with van der Waals surface area (Å²) in [7, 11) is 0. The summed E-state index contributed by atoms with van der Waals surface area (Å²) in [5, 5.41) is 4.34. The van der Waals surface area contributed by atoms with Crippen LogP contribution in [0.2, 0.25) is 0 Å². The van der Waals surface area contributed by atoms with E-state index in [9.17, 15) is 9.59 Å². The molecule has 0 unspecified atom stereocenters. The molecule has 1 saturated carbocycles. The zero-order valence-electron chi connectivity index (χ0n) is 18.6. The second-order valence-electron chi connectivity index (χ2n) is 8.00. The van der Waals surface area contributed by atoms with E-state index in [-0.39, 0.29) is 11.7 Å². The first-order chi connectivity index (χ1) is 15.2. The van der Waals surface area contributed by atoms with Crippen LogP contribution in [0.5, 0.6) is 5.75 Å². The Labute approximate surface area is 185 Å². The van der Waals surface area contributed by atoms with Gasteiger partial charge in [-0.2, -0.15) is 0 Å². The molecular weight excluding hydrogens is 400 g/mol. The van der Waals surface area contributed by atoms with E-state index in [2.05, 4.69) is 21.7 Å². The molecule has 0 spiro atoms. The number of benzene rings is 1. The van der Waals surface area contributed by atoms with Gasteiger partial charge < -0.3 is 9.47 Å². The van der Waals surface area contributed by atoms with Gasteiger partial charge in [-0.05, 0) is 56.4 Å². The second kappa shape index (κ2) is 15.5. The number of ether oxygens (including phenoxy) is 2. The van der Waals surface area contributed by atoms with Crippen molar-refractivity contribution in [3.05, 3.63) is 29.8 Å². The van der Waals surface area contributed by atoms with Gasteiger partial charge in [0.1, 0.15) is 11.9 Å². The molecule has 31 heavy (non-hydrogen) atoms. The maximum absolute atomic E-state index is 12.0. The number of rotatable bonds is 8. The summed E-state index contributed by atoms with van der Waals surface area (Å²) in [4.78, 5) is 32.9. The van der Waals surface area contributed by atoms with Crippen molar-refractivity contribution in [2.45, 2.75) is 96.5 Å². The topological polar surface area (TPSA) is 80.3 Å².